The molecule has 1 N–H and O–H groups in total. The van der Waals surface area contributed by atoms with Crippen LogP contribution in [0.5, 0.6) is 0 Å². The Balaban J connectivity index is 2.27. The van der Waals surface area contributed by atoms with E-state index in [9.17, 15) is 18.4 Å². The van der Waals surface area contributed by atoms with E-state index in [1.165, 1.54) is 7.11 Å². The van der Waals surface area contributed by atoms with Crippen LogP contribution in [0.15, 0.2) is 42.5 Å². The third-order valence-corrected chi connectivity index (χ3v) is 3.60. The molecule has 2 aromatic rings. The van der Waals surface area contributed by atoms with Crippen molar-refractivity contribution < 1.29 is 23.1 Å². The number of carbonyl (C=O) groups excluding carboxylic acids is 2. The van der Waals surface area contributed by atoms with E-state index in [2.05, 4.69) is 10.1 Å². The normalized spacial score (nSPS) is 11.7. The van der Waals surface area contributed by atoms with Gasteiger partial charge in [0, 0.05) is 5.02 Å². The third kappa shape index (κ3) is 4.52. The fourth-order valence-electron chi connectivity index (χ4n) is 2.10. The maximum atomic E-state index is 13.7. The number of esters is 1. The van der Waals surface area contributed by atoms with E-state index in [1.54, 1.807) is 24.3 Å². The summed E-state index contributed by atoms with van der Waals surface area (Å²) in [5.74, 6) is -3.00. The highest BCUT2D eigenvalue weighted by molar-refractivity contribution is 6.30. The van der Waals surface area contributed by atoms with E-state index >= 15 is 0 Å². The number of rotatable bonds is 5. The van der Waals surface area contributed by atoms with Gasteiger partial charge in [0.25, 0.3) is 5.91 Å². The Bertz CT molecular complexity index is 750. The summed E-state index contributed by atoms with van der Waals surface area (Å²) in [6, 6.07) is 8.23. The van der Waals surface area contributed by atoms with Crippen molar-refractivity contribution in [2.24, 2.45) is 0 Å². The van der Waals surface area contributed by atoms with Crippen LogP contribution < -0.4 is 5.32 Å². The molecule has 1 atom stereocenters. The van der Waals surface area contributed by atoms with Crippen LogP contribution in [0.4, 0.5) is 8.78 Å². The van der Waals surface area contributed by atoms with Crippen molar-refractivity contribution >= 4 is 23.5 Å². The molecule has 126 valence electrons. The average Bonchev–Trinajstić information content (AvgIpc) is 2.56. The fraction of sp³-hybridized carbons (Fsp3) is 0.176. The van der Waals surface area contributed by atoms with Crippen LogP contribution in [0.2, 0.25) is 5.02 Å². The van der Waals surface area contributed by atoms with Crippen molar-refractivity contribution in [2.45, 2.75) is 12.5 Å². The topological polar surface area (TPSA) is 55.4 Å². The van der Waals surface area contributed by atoms with Crippen molar-refractivity contribution in [1.29, 1.82) is 0 Å². The summed E-state index contributed by atoms with van der Waals surface area (Å²) in [6.07, 6.45) is -0.166. The molecule has 0 aliphatic carbocycles. The summed E-state index contributed by atoms with van der Waals surface area (Å²) >= 11 is 5.82. The number of hydrogen-bond donors (Lipinski definition) is 1. The van der Waals surface area contributed by atoms with Crippen LogP contribution in [-0.4, -0.2) is 19.0 Å². The summed E-state index contributed by atoms with van der Waals surface area (Å²) < 4.78 is 31.6. The van der Waals surface area contributed by atoms with E-state index in [0.29, 0.717) is 10.6 Å². The van der Waals surface area contributed by atoms with Gasteiger partial charge in [0.05, 0.1) is 25.1 Å². The van der Waals surface area contributed by atoms with E-state index < -0.39 is 35.1 Å². The summed E-state index contributed by atoms with van der Waals surface area (Å²) in [4.78, 5) is 23.8. The number of benzene rings is 2. The van der Waals surface area contributed by atoms with E-state index in [4.69, 9.17) is 11.6 Å². The number of carbonyl (C=O) groups is 2. The van der Waals surface area contributed by atoms with Crippen molar-refractivity contribution in [3.05, 3.63) is 70.2 Å². The lowest BCUT2D eigenvalue weighted by Crippen LogP contribution is -2.31. The average molecular weight is 354 g/mol. The van der Waals surface area contributed by atoms with E-state index in [0.717, 1.165) is 18.2 Å². The molecule has 0 radical (unpaired) electrons. The predicted molar refractivity (Wildman–Crippen MR) is 84.7 cm³/mol. The van der Waals surface area contributed by atoms with Gasteiger partial charge in [-0.3, -0.25) is 9.59 Å². The SMILES string of the molecule is COC(=O)CC(NC(=O)c1cc(F)ccc1F)c1ccc(Cl)cc1. The van der Waals surface area contributed by atoms with E-state index in [1.807, 2.05) is 0 Å². The van der Waals surface area contributed by atoms with Gasteiger partial charge in [0.2, 0.25) is 0 Å². The summed E-state index contributed by atoms with van der Waals surface area (Å²) in [6.45, 7) is 0. The Labute approximate surface area is 142 Å². The first-order chi connectivity index (χ1) is 11.4. The molecule has 4 nitrogen and oxygen atoms in total. The second kappa shape index (κ2) is 7.88. The third-order valence-electron chi connectivity index (χ3n) is 3.35. The Kier molecular flexibility index (Phi) is 5.87. The smallest absolute Gasteiger partial charge is 0.307 e. The molecule has 2 aromatic carbocycles. The molecule has 0 spiro atoms. The van der Waals surface area contributed by atoms with Crippen LogP contribution in [0.3, 0.4) is 0 Å². The fourth-order valence-corrected chi connectivity index (χ4v) is 2.23. The molecule has 24 heavy (non-hydrogen) atoms. The van der Waals surface area contributed by atoms with Gasteiger partial charge in [-0.05, 0) is 35.9 Å². The molecule has 0 aliphatic rings. The molecule has 0 bridgehead atoms. The van der Waals surface area contributed by atoms with Crippen LogP contribution in [0, 0.1) is 11.6 Å². The van der Waals surface area contributed by atoms with Crippen LogP contribution in [0.25, 0.3) is 0 Å². The highest BCUT2D eigenvalue weighted by Crippen LogP contribution is 2.21. The zero-order valence-electron chi connectivity index (χ0n) is 12.7. The minimum absolute atomic E-state index is 0.166. The number of methoxy groups -OCH3 is 1. The highest BCUT2D eigenvalue weighted by Gasteiger charge is 2.21. The van der Waals surface area contributed by atoms with Gasteiger partial charge in [-0.1, -0.05) is 23.7 Å². The second-order valence-electron chi connectivity index (χ2n) is 4.98. The maximum absolute atomic E-state index is 13.7. The number of halogens is 3. The first kappa shape index (κ1) is 17.9. The van der Waals surface area contributed by atoms with Crippen molar-refractivity contribution in [3.63, 3.8) is 0 Å². The zero-order valence-corrected chi connectivity index (χ0v) is 13.4. The van der Waals surface area contributed by atoms with E-state index in [-0.39, 0.29) is 6.42 Å². The Morgan fingerprint density at radius 2 is 1.83 bits per heavy atom. The molecule has 1 unspecified atom stereocenters. The predicted octanol–water partition coefficient (Wildman–Crippen LogP) is 3.65. The highest BCUT2D eigenvalue weighted by atomic mass is 35.5. The monoisotopic (exact) mass is 353 g/mol. The standard InChI is InChI=1S/C17H14ClF2NO3/c1-24-16(22)9-15(10-2-4-11(18)5-3-10)21-17(23)13-8-12(19)6-7-14(13)20/h2-8,15H,9H2,1H3,(H,21,23). The number of amides is 1. The van der Waals surface area contributed by atoms with Gasteiger partial charge in [-0.25, -0.2) is 8.78 Å². The first-order valence-electron chi connectivity index (χ1n) is 6.99. The summed E-state index contributed by atoms with van der Waals surface area (Å²) in [5.41, 5.74) is 0.133. The minimum Gasteiger partial charge on any atom is -0.469 e. The van der Waals surface area contributed by atoms with Crippen LogP contribution in [-0.2, 0) is 9.53 Å². The zero-order chi connectivity index (χ0) is 17.7. The van der Waals surface area contributed by atoms with Crippen molar-refractivity contribution in [2.75, 3.05) is 7.11 Å². The largest absolute Gasteiger partial charge is 0.469 e. The Morgan fingerprint density at radius 1 is 1.17 bits per heavy atom. The molecule has 0 aromatic heterocycles. The molecule has 0 fully saturated rings. The van der Waals surface area contributed by atoms with Gasteiger partial charge in [-0.2, -0.15) is 0 Å². The maximum Gasteiger partial charge on any atom is 0.307 e. The van der Waals surface area contributed by atoms with Gasteiger partial charge in [0.15, 0.2) is 0 Å². The molecule has 1 amide bonds. The molecule has 0 heterocycles. The minimum atomic E-state index is -0.859. The molecule has 7 heteroatoms. The summed E-state index contributed by atoms with van der Waals surface area (Å²) in [5, 5.41) is 3.00. The lowest BCUT2D eigenvalue weighted by Gasteiger charge is -2.18. The Morgan fingerprint density at radius 3 is 2.46 bits per heavy atom. The first-order valence-corrected chi connectivity index (χ1v) is 7.36. The van der Waals surface area contributed by atoms with Crippen LogP contribution >= 0.6 is 11.6 Å². The molecule has 0 aliphatic heterocycles. The molecular formula is C17H14ClF2NO3. The molecule has 0 saturated carbocycles. The Hall–Kier alpha value is -2.47. The number of nitrogens with one attached hydrogen (secondary N) is 1. The van der Waals surface area contributed by atoms with Crippen molar-refractivity contribution in [1.82, 2.24) is 5.32 Å². The molecule has 2 rings (SSSR count). The lowest BCUT2D eigenvalue weighted by atomic mass is 10.0. The number of ether oxygens (including phenoxy) is 1. The van der Waals surface area contributed by atoms with Gasteiger partial charge in [0.1, 0.15) is 11.6 Å². The van der Waals surface area contributed by atoms with Crippen LogP contribution in [0.1, 0.15) is 28.4 Å². The van der Waals surface area contributed by atoms with Crippen molar-refractivity contribution in [3.8, 4) is 0 Å². The lowest BCUT2D eigenvalue weighted by molar-refractivity contribution is -0.141. The molecular weight excluding hydrogens is 340 g/mol. The quantitative estimate of drug-likeness (QED) is 0.835. The molecule has 0 saturated heterocycles. The second-order valence-corrected chi connectivity index (χ2v) is 5.42. The van der Waals surface area contributed by atoms with Gasteiger partial charge >= 0.3 is 5.97 Å². The van der Waals surface area contributed by atoms with Gasteiger partial charge in [-0.15, -0.1) is 0 Å². The number of hydrogen-bond acceptors (Lipinski definition) is 3. The van der Waals surface area contributed by atoms with Gasteiger partial charge < -0.3 is 10.1 Å². The summed E-state index contributed by atoms with van der Waals surface area (Å²) in [7, 11) is 1.22.